The zero-order valence-electron chi connectivity index (χ0n) is 75.8. The van der Waals surface area contributed by atoms with Gasteiger partial charge in [0, 0.05) is 150 Å². The molecule has 6 aromatic rings. The number of nitrogens with two attached hydrogens (primary N) is 3. The van der Waals surface area contributed by atoms with Crippen molar-refractivity contribution in [1.82, 2.24) is 87.0 Å². The third-order valence-electron chi connectivity index (χ3n) is 23.8. The summed E-state index contributed by atoms with van der Waals surface area (Å²) in [6, 6.07) is 6.72. The third-order valence-corrected chi connectivity index (χ3v) is 24.8. The molecule has 5 heterocycles. The molecule has 131 heavy (non-hydrogen) atoms. The maximum Gasteiger partial charge on any atom is 0.246 e. The number of aromatic amines is 3. The zero-order valence-corrected chi connectivity index (χ0v) is 76.6. The van der Waals surface area contributed by atoms with Crippen molar-refractivity contribution in [3.8, 4) is 0 Å². The first-order chi connectivity index (χ1) is 62.4. The van der Waals surface area contributed by atoms with Gasteiger partial charge in [0.15, 0.2) is 23.3 Å². The van der Waals surface area contributed by atoms with Crippen LogP contribution in [-0.4, -0.2) is 288 Å². The monoisotopic (exact) mass is 1830 g/mol. The molecule has 710 valence electrons. The molecule has 2 saturated heterocycles. The maximum atomic E-state index is 15.7. The number of carbonyl (C=O) groups is 17. The topological polar surface area (TPSA) is 585 Å². The molecule has 2 aliphatic heterocycles. The minimum absolute atomic E-state index is 0.00632. The van der Waals surface area contributed by atoms with Gasteiger partial charge in [0.2, 0.25) is 82.7 Å². The van der Waals surface area contributed by atoms with Crippen LogP contribution in [0.2, 0.25) is 0 Å². The van der Waals surface area contributed by atoms with Crippen LogP contribution in [0, 0.1) is 23.2 Å². The van der Waals surface area contributed by atoms with Crippen molar-refractivity contribution in [3.05, 3.63) is 126 Å². The molecule has 0 bridgehead atoms. The number of nitrogens with one attached hydrogen (secondary N) is 12. The van der Waals surface area contributed by atoms with Crippen molar-refractivity contribution >= 4 is 140 Å². The average molecular weight is 1840 g/mol. The molecule has 14 amide bonds. The number of imidazole rings is 1. The number of carbonyl (C=O) groups excluding carboxylic acids is 17. The molecule has 13 atom stereocenters. The summed E-state index contributed by atoms with van der Waals surface area (Å²) < 4.78 is 0. The summed E-state index contributed by atoms with van der Waals surface area (Å²) in [5.41, 5.74) is 20.2. The van der Waals surface area contributed by atoms with Crippen molar-refractivity contribution in [3.63, 3.8) is 0 Å². The number of para-hydroxylation sites is 2. The fraction of sp³-hybridized carbons (Fsp3) is 0.527. The highest BCUT2D eigenvalue weighted by Crippen LogP contribution is 2.29. The number of likely N-dealkylation sites (N-methyl/N-ethyl adjacent to an activating group) is 4. The van der Waals surface area contributed by atoms with Crippen LogP contribution in [0.5, 0.6) is 0 Å². The number of Topliss-reactive ketones (excluding diaryl/α,β-unsaturated/α-hetero) is 3. The third kappa shape index (κ3) is 30.1. The molecule has 3 aromatic heterocycles. The number of fused-ring (bicyclic) bond motifs is 3. The molecule has 8 rings (SSSR count). The second-order valence-corrected chi connectivity index (χ2v) is 35.2. The summed E-state index contributed by atoms with van der Waals surface area (Å²) >= 11 is 0.858. The van der Waals surface area contributed by atoms with Crippen LogP contribution in [0.4, 0.5) is 0 Å². The summed E-state index contributed by atoms with van der Waals surface area (Å²) in [6.45, 7) is 6.85. The first-order valence-corrected chi connectivity index (χ1v) is 45.6. The van der Waals surface area contributed by atoms with E-state index in [1.807, 2.05) is 13.8 Å². The lowest BCUT2D eigenvalue weighted by molar-refractivity contribution is -0.151. The normalized spacial score (nSPS) is 23.7. The average Bonchev–Trinajstić information content (AvgIpc) is 1.36. The number of aliphatic hydroxyl groups excluding tert-OH is 1. The van der Waals surface area contributed by atoms with E-state index in [2.05, 4.69) is 62.5 Å². The fourth-order valence-corrected chi connectivity index (χ4v) is 17.0. The maximum absolute atomic E-state index is 15.7. The van der Waals surface area contributed by atoms with E-state index < -0.39 is 229 Å². The Balaban J connectivity index is 1.17. The molecule has 0 saturated carbocycles. The Hall–Kier alpha value is -12.9. The smallest absolute Gasteiger partial charge is 0.246 e. The van der Waals surface area contributed by atoms with Gasteiger partial charge < -0.3 is 104 Å². The second kappa shape index (κ2) is 50.3. The molecule has 2 aliphatic rings. The molecule has 0 radical (unpaired) electrons. The van der Waals surface area contributed by atoms with Gasteiger partial charge >= 0.3 is 0 Å². The number of aliphatic hydroxyl groups is 1. The fourth-order valence-electron chi connectivity index (χ4n) is 16.2. The lowest BCUT2D eigenvalue weighted by atomic mass is 9.88. The van der Waals surface area contributed by atoms with E-state index in [9.17, 15) is 57.8 Å². The van der Waals surface area contributed by atoms with Gasteiger partial charge in [-0.3, -0.25) is 86.9 Å². The Morgan fingerprint density at radius 3 is 1.70 bits per heavy atom. The predicted octanol–water partition coefficient (Wildman–Crippen LogP) is 0.886. The van der Waals surface area contributed by atoms with E-state index in [0.717, 1.165) is 26.5 Å². The molecule has 39 nitrogen and oxygen atoms in total. The summed E-state index contributed by atoms with van der Waals surface area (Å²) in [7, 11) is 5.35. The number of guanidine groups is 1. The number of hydrogen-bond acceptors (Lipinski definition) is 21. The van der Waals surface area contributed by atoms with E-state index in [0.29, 0.717) is 69.9 Å². The number of unbranched alkanes of at least 4 members (excludes halogenated alkanes) is 2. The van der Waals surface area contributed by atoms with E-state index >= 15 is 28.8 Å². The van der Waals surface area contributed by atoms with E-state index in [-0.39, 0.29) is 94.9 Å². The number of aromatic nitrogens is 4. The number of rotatable bonds is 27. The number of primary amides is 2. The van der Waals surface area contributed by atoms with Gasteiger partial charge in [-0.25, -0.2) is 4.98 Å². The van der Waals surface area contributed by atoms with E-state index in [1.165, 1.54) is 57.4 Å². The summed E-state index contributed by atoms with van der Waals surface area (Å²) in [5, 5.41) is 41.9. The van der Waals surface area contributed by atoms with Crippen molar-refractivity contribution in [1.29, 1.82) is 5.41 Å². The lowest BCUT2D eigenvalue weighted by Crippen LogP contribution is -2.62. The van der Waals surface area contributed by atoms with Gasteiger partial charge in [-0.2, -0.15) is 0 Å². The van der Waals surface area contributed by atoms with Gasteiger partial charge in [-0.1, -0.05) is 120 Å². The van der Waals surface area contributed by atoms with Crippen LogP contribution >= 0.6 is 11.8 Å². The van der Waals surface area contributed by atoms with Gasteiger partial charge in [0.05, 0.1) is 55.7 Å². The van der Waals surface area contributed by atoms with Crippen LogP contribution in [0.1, 0.15) is 153 Å². The highest BCUT2D eigenvalue weighted by molar-refractivity contribution is 8.00. The first-order valence-electron chi connectivity index (χ1n) is 44.4. The molecule has 3 aromatic carbocycles. The number of H-pyrrole nitrogens is 3. The molecule has 19 N–H and O–H groups in total. The number of benzene rings is 3. The van der Waals surface area contributed by atoms with Crippen LogP contribution in [0.3, 0.4) is 0 Å². The van der Waals surface area contributed by atoms with Crippen molar-refractivity contribution in [2.75, 3.05) is 65.9 Å². The lowest BCUT2D eigenvalue weighted by Gasteiger charge is -2.42. The molecule has 0 spiro atoms. The van der Waals surface area contributed by atoms with E-state index in [4.69, 9.17) is 22.6 Å². The van der Waals surface area contributed by atoms with Gasteiger partial charge in [0.25, 0.3) is 0 Å². The van der Waals surface area contributed by atoms with Crippen LogP contribution in [0.25, 0.3) is 21.8 Å². The van der Waals surface area contributed by atoms with Gasteiger partial charge in [-0.15, -0.1) is 11.8 Å². The highest BCUT2D eigenvalue weighted by atomic mass is 32.2. The van der Waals surface area contributed by atoms with Crippen LogP contribution < -0.4 is 59.7 Å². The SMILES string of the molecule is CCCC[C@H]1C(=O)N(C)[C@@H](CCCC)C(=O)C[C@@H](CCCNC(=N)N)C(=O)N[C@H](C(=O)CCC(N)=O)CSCC(=O)N[C@@H](Cc2ccccc2)C(=O)N(C)[C@@H](C)C(=O)N[C@@H](CC(N)=O)C(=O)N2CCC2C(=O)C[C@@H](Cc2cnc[nH]2)C(=O)N[C@@H](CC(C)C)C(=O)N(C)CC(=O)N[C@@H](Cc2c[nH]c3ccccc23)C(=O)N[C@@H](CO)C(=O)N[C@@H](Cc2c[nH]c3ccccc23)C(=O)N1C. The summed E-state index contributed by atoms with van der Waals surface area (Å²) in [6.07, 6.45) is 4.65. The molecule has 0 aliphatic carbocycles. The highest BCUT2D eigenvalue weighted by Gasteiger charge is 2.45. The number of amides is 14. The first kappa shape index (κ1) is 103. The molecule has 1 unspecified atom stereocenters. The van der Waals surface area contributed by atoms with Crippen molar-refractivity contribution in [2.45, 2.75) is 223 Å². The van der Waals surface area contributed by atoms with Gasteiger partial charge in [-0.05, 0) is 80.2 Å². The Kier molecular flexibility index (Phi) is 39.8. The zero-order chi connectivity index (χ0) is 95.9. The molecular formula is C91H127N21O18S. The van der Waals surface area contributed by atoms with Crippen molar-refractivity contribution in [2.24, 2.45) is 35.0 Å². The molecule has 40 heteroatoms. The quantitative estimate of drug-likeness (QED) is 0.0193. The molecule has 2 fully saturated rings. The number of thioether (sulfide) groups is 1. The largest absolute Gasteiger partial charge is 0.394 e. The standard InChI is InChI=1S/C91H127N21O18S/c1-10-12-29-71-75(115)41-55(24-21-34-97-91(94)95)82(122)107-70(74(114)31-32-77(92)117)49-131-50-80(120)102-66(37-54-22-15-14-16-23-54)87(127)109(7)53(5)81(121)103-68(43-78(93)118)89(129)112-35-33-72(112)76(116)42-56(38-59-46-96-51-100-59)83(123)104-65(36-52(3)4)86(126)108(6)47-79(119)101-64(39-57-44-98-62-27-19-17-25-60(57)62)84(124)106-69(48-113)85(125)105-67(40-58-45-99-63-28-20-18-26-61(58)63)88(128)111(9)73(30-13-11-2)90(130)110(71)8/h14-20,22-23,25-28,44-46,51-53,55-56,64-73,98-99,113H,10-13,21,24,29-43,47-50H2,1-9H3,(H2,92,117)(H2,93,118)(H,96,100)(H,101,119)(H,102,120)(H,103,121)(H,104,123)(H,105,125)(H,106,124)(H,107,122)(H4,94,95,97)/t53-,55+,56+,64-,65-,66-,67-,68-,69-,70-,71-,72?,73-/m0/s1. The van der Waals surface area contributed by atoms with Crippen molar-refractivity contribution < 1.29 is 86.6 Å². The number of ketones is 3. The number of nitrogens with zero attached hydrogens (tertiary/aromatic N) is 6. The summed E-state index contributed by atoms with van der Waals surface area (Å²) in [5.74, 6) is -18.0. The Morgan fingerprint density at radius 1 is 0.557 bits per heavy atom. The van der Waals surface area contributed by atoms with E-state index in [1.54, 1.807) is 105 Å². The number of hydrogen-bond donors (Lipinski definition) is 16. The minimum Gasteiger partial charge on any atom is -0.394 e. The second-order valence-electron chi connectivity index (χ2n) is 34.2. The van der Waals surface area contributed by atoms with Gasteiger partial charge in [0.1, 0.15) is 48.3 Å². The summed E-state index contributed by atoms with van der Waals surface area (Å²) in [4.78, 5) is 267. The Labute approximate surface area is 764 Å². The molecular weight excluding hydrogens is 1710 g/mol. The Bertz CT molecular complexity index is 5020. The minimum atomic E-state index is -1.83. The Morgan fingerprint density at radius 2 is 1.11 bits per heavy atom. The predicted molar refractivity (Wildman–Crippen MR) is 489 cm³/mol. The van der Waals surface area contributed by atoms with Crippen LogP contribution in [0.15, 0.2) is 104 Å². The van der Waals surface area contributed by atoms with Crippen LogP contribution in [-0.2, 0) is 107 Å².